The predicted octanol–water partition coefficient (Wildman–Crippen LogP) is 5.13. The van der Waals surface area contributed by atoms with Gasteiger partial charge in [-0.15, -0.1) is 0 Å². The molecule has 0 saturated carbocycles. The van der Waals surface area contributed by atoms with Crippen molar-refractivity contribution in [3.63, 3.8) is 0 Å². The molecule has 25 heavy (non-hydrogen) atoms. The van der Waals surface area contributed by atoms with Crippen LogP contribution in [0.5, 0.6) is 0 Å². The third kappa shape index (κ3) is 6.46. The van der Waals surface area contributed by atoms with Gasteiger partial charge in [0.1, 0.15) is 0 Å². The molecule has 0 aliphatic rings. The maximum absolute atomic E-state index is 10.6. The van der Waals surface area contributed by atoms with Crippen LogP contribution in [0.1, 0.15) is 25.0 Å². The lowest BCUT2D eigenvalue weighted by atomic mass is 10.1. The lowest BCUT2D eigenvalue weighted by Gasteiger charge is -2.29. The zero-order chi connectivity index (χ0) is 18.1. The summed E-state index contributed by atoms with van der Waals surface area (Å²) >= 11 is 0. The smallest absolute Gasteiger partial charge is 0.0916 e. The molecule has 130 valence electrons. The average molecular weight is 351 g/mol. The van der Waals surface area contributed by atoms with Gasteiger partial charge >= 0.3 is 0 Å². The van der Waals surface area contributed by atoms with Crippen LogP contribution in [0.25, 0.3) is 0 Å². The lowest BCUT2D eigenvalue weighted by molar-refractivity contribution is 0.128. The molecule has 0 unspecified atom stereocenters. The van der Waals surface area contributed by atoms with E-state index in [2.05, 4.69) is 54.6 Å². The second kappa shape index (κ2) is 9.52. The van der Waals surface area contributed by atoms with Gasteiger partial charge in [0.2, 0.25) is 0 Å². The van der Waals surface area contributed by atoms with E-state index in [1.807, 2.05) is 12.1 Å². The molecule has 0 aromatic heterocycles. The largest absolute Gasteiger partial charge is 0.386 e. The van der Waals surface area contributed by atoms with Crippen molar-refractivity contribution >= 4 is 7.92 Å². The second-order valence-electron chi connectivity index (χ2n) is 6.68. The topological polar surface area (TPSA) is 44.0 Å². The van der Waals surface area contributed by atoms with Crippen molar-refractivity contribution in [2.45, 2.75) is 32.3 Å². The Balaban J connectivity index is 2.14. The van der Waals surface area contributed by atoms with Gasteiger partial charge in [-0.05, 0) is 55.5 Å². The fourth-order valence-electron chi connectivity index (χ4n) is 2.89. The molecule has 0 radical (unpaired) electrons. The number of nitriles is 1. The zero-order valence-corrected chi connectivity index (χ0v) is 15.9. The van der Waals surface area contributed by atoms with E-state index in [0.29, 0.717) is 0 Å². The van der Waals surface area contributed by atoms with Crippen LogP contribution < -0.4 is 0 Å². The Labute approximate surface area is 152 Å². The van der Waals surface area contributed by atoms with Crippen molar-refractivity contribution in [3.8, 4) is 6.07 Å². The van der Waals surface area contributed by atoms with Gasteiger partial charge in [0.25, 0.3) is 0 Å². The van der Waals surface area contributed by atoms with E-state index in [0.717, 1.165) is 30.5 Å². The predicted molar refractivity (Wildman–Crippen MR) is 107 cm³/mol. The summed E-state index contributed by atoms with van der Waals surface area (Å²) in [6, 6.07) is 23.0. The monoisotopic (exact) mass is 351 g/mol. The van der Waals surface area contributed by atoms with E-state index in [4.69, 9.17) is 0 Å². The Hall–Kier alpha value is -1.94. The van der Waals surface area contributed by atoms with Gasteiger partial charge in [0.05, 0.1) is 11.7 Å². The molecular formula is C22H26NOP. The van der Waals surface area contributed by atoms with Crippen molar-refractivity contribution in [3.05, 3.63) is 83.2 Å². The number of rotatable bonds is 8. The molecular weight excluding hydrogens is 325 g/mol. The molecule has 2 aromatic rings. The highest BCUT2D eigenvalue weighted by Crippen LogP contribution is 2.50. The first-order valence-electron chi connectivity index (χ1n) is 8.66. The summed E-state index contributed by atoms with van der Waals surface area (Å²) in [5.41, 5.74) is 1.66. The Morgan fingerprint density at radius 1 is 0.960 bits per heavy atom. The van der Waals surface area contributed by atoms with Gasteiger partial charge in [0.15, 0.2) is 0 Å². The molecule has 0 heterocycles. The molecule has 2 nitrogen and oxygen atoms in total. The van der Waals surface area contributed by atoms with Gasteiger partial charge in [-0.2, -0.15) is 5.26 Å². The number of nitrogens with zero attached hydrogens (tertiary/aromatic N) is 1. The molecule has 1 N–H and O–H groups in total. The Morgan fingerprint density at radius 2 is 1.40 bits per heavy atom. The Morgan fingerprint density at radius 3 is 1.76 bits per heavy atom. The quantitative estimate of drug-likeness (QED) is 0.529. The molecule has 0 spiro atoms. The molecule has 0 atom stereocenters. The highest BCUT2D eigenvalue weighted by Gasteiger charge is 2.26. The van der Waals surface area contributed by atoms with Crippen molar-refractivity contribution < 1.29 is 5.11 Å². The van der Waals surface area contributed by atoms with Crippen LogP contribution in [-0.4, -0.2) is 23.0 Å². The molecule has 0 bridgehead atoms. The van der Waals surface area contributed by atoms with Crippen LogP contribution in [0.4, 0.5) is 0 Å². The van der Waals surface area contributed by atoms with Crippen LogP contribution in [0.2, 0.25) is 0 Å². The van der Waals surface area contributed by atoms with E-state index in [-0.39, 0.29) is 0 Å². The van der Waals surface area contributed by atoms with Crippen LogP contribution in [0.3, 0.4) is 0 Å². The molecule has 0 aliphatic heterocycles. The van der Waals surface area contributed by atoms with Crippen molar-refractivity contribution in [1.82, 2.24) is 0 Å². The summed E-state index contributed by atoms with van der Waals surface area (Å²) in [6.07, 6.45) is 5.50. The summed E-state index contributed by atoms with van der Waals surface area (Å²) in [5.74, 6) is 0. The Bertz CT molecular complexity index is 668. The number of aliphatic hydroxyl groups is 1. The SMILES string of the molecule is CC(C)(O)/C(=C/C#N)P(CCc1ccccc1)CCc1ccccc1. The number of aryl methyl sites for hydroxylation is 2. The first kappa shape index (κ1) is 19.4. The highest BCUT2D eigenvalue weighted by molar-refractivity contribution is 7.62. The van der Waals surface area contributed by atoms with Gasteiger partial charge in [-0.25, -0.2) is 0 Å². The van der Waals surface area contributed by atoms with Gasteiger partial charge in [0, 0.05) is 6.08 Å². The maximum atomic E-state index is 10.6. The van der Waals surface area contributed by atoms with Crippen molar-refractivity contribution in [2.24, 2.45) is 0 Å². The van der Waals surface area contributed by atoms with E-state index >= 15 is 0 Å². The molecule has 3 heteroatoms. The van der Waals surface area contributed by atoms with Crippen molar-refractivity contribution in [2.75, 3.05) is 12.3 Å². The van der Waals surface area contributed by atoms with Crippen molar-refractivity contribution in [1.29, 1.82) is 5.26 Å². The average Bonchev–Trinajstić information content (AvgIpc) is 2.61. The lowest BCUT2D eigenvalue weighted by Crippen LogP contribution is -2.22. The fraction of sp³-hybridized carbons (Fsp3) is 0.318. The van der Waals surface area contributed by atoms with Gasteiger partial charge < -0.3 is 5.11 Å². The van der Waals surface area contributed by atoms with E-state index in [1.165, 1.54) is 11.1 Å². The summed E-state index contributed by atoms with van der Waals surface area (Å²) in [7, 11) is -0.577. The number of hydrogen-bond acceptors (Lipinski definition) is 2. The molecule has 0 aliphatic carbocycles. The third-order valence-electron chi connectivity index (χ3n) is 4.20. The minimum atomic E-state index is -0.950. The fourth-order valence-corrected chi connectivity index (χ4v) is 5.66. The van der Waals surface area contributed by atoms with Crippen LogP contribution in [0, 0.1) is 11.3 Å². The van der Waals surface area contributed by atoms with Crippen LogP contribution in [-0.2, 0) is 12.8 Å². The number of allylic oxidation sites excluding steroid dienone is 1. The summed E-state index contributed by atoms with van der Waals surface area (Å²) < 4.78 is 0. The van der Waals surface area contributed by atoms with E-state index < -0.39 is 13.5 Å². The maximum Gasteiger partial charge on any atom is 0.0916 e. The normalized spacial score (nSPS) is 12.2. The van der Waals surface area contributed by atoms with E-state index in [1.54, 1.807) is 19.9 Å². The minimum absolute atomic E-state index is 0.577. The van der Waals surface area contributed by atoms with Gasteiger partial charge in [-0.1, -0.05) is 68.6 Å². The zero-order valence-electron chi connectivity index (χ0n) is 15.0. The highest BCUT2D eigenvalue weighted by atomic mass is 31.1. The van der Waals surface area contributed by atoms with Crippen LogP contribution in [0.15, 0.2) is 72.1 Å². The Kier molecular flexibility index (Phi) is 7.38. The molecule has 0 amide bonds. The van der Waals surface area contributed by atoms with Crippen LogP contribution >= 0.6 is 7.92 Å². The summed E-state index contributed by atoms with van der Waals surface area (Å²) in [4.78, 5) is 0. The van der Waals surface area contributed by atoms with E-state index in [9.17, 15) is 10.4 Å². The number of hydrogen-bond donors (Lipinski definition) is 1. The first-order valence-corrected chi connectivity index (χ1v) is 10.4. The molecule has 2 rings (SSSR count). The molecule has 2 aromatic carbocycles. The standard InChI is InChI=1S/C22H26NOP/c1-22(2,24)21(13-16-23)25(17-14-19-9-5-3-6-10-19)18-15-20-11-7-4-8-12-20/h3-13,24H,14-15,17-18H2,1-2H3/b21-13-. The second-order valence-corrected chi connectivity index (χ2v) is 9.13. The van der Waals surface area contributed by atoms with Gasteiger partial charge in [-0.3, -0.25) is 0 Å². The molecule has 0 saturated heterocycles. The minimum Gasteiger partial charge on any atom is -0.386 e. The third-order valence-corrected chi connectivity index (χ3v) is 7.08. The molecule has 0 fully saturated rings. The first-order chi connectivity index (χ1) is 12.0. The number of benzene rings is 2. The summed E-state index contributed by atoms with van der Waals surface area (Å²) in [5, 5.41) is 20.7. The summed E-state index contributed by atoms with van der Waals surface area (Å²) in [6.45, 7) is 3.58.